The third-order valence-electron chi connectivity index (χ3n) is 9.78. The normalized spacial score (nSPS) is 20.1. The summed E-state index contributed by atoms with van der Waals surface area (Å²) in [5.41, 5.74) is -1.79. The minimum atomic E-state index is -4.70. The van der Waals surface area contributed by atoms with E-state index in [0.29, 0.717) is 29.2 Å². The van der Waals surface area contributed by atoms with Crippen molar-refractivity contribution in [1.29, 1.82) is 5.26 Å². The van der Waals surface area contributed by atoms with Gasteiger partial charge in [-0.1, -0.05) is 0 Å². The maximum absolute atomic E-state index is 15.2. The number of piperidine rings is 1. The minimum absolute atomic E-state index is 0.0130. The van der Waals surface area contributed by atoms with E-state index in [2.05, 4.69) is 33.2 Å². The van der Waals surface area contributed by atoms with Crippen LogP contribution in [0.15, 0.2) is 59.6 Å². The number of anilines is 1. The lowest BCUT2D eigenvalue weighted by molar-refractivity contribution is -0.121. The molecule has 3 aliphatic rings. The number of ether oxygens (including phenoxy) is 3. The lowest BCUT2D eigenvalue weighted by Crippen LogP contribution is -2.59. The van der Waals surface area contributed by atoms with Crippen molar-refractivity contribution in [2.24, 2.45) is 0 Å². The third-order valence-corrected chi connectivity index (χ3v) is 11.5. The summed E-state index contributed by atoms with van der Waals surface area (Å²) in [4.78, 5) is 40.1. The van der Waals surface area contributed by atoms with Crippen LogP contribution in [0.1, 0.15) is 43.4 Å². The Bertz CT molecular complexity index is 1940. The van der Waals surface area contributed by atoms with Gasteiger partial charge in [0.2, 0.25) is 5.88 Å². The number of hydrogen-bond acceptors (Lipinski definition) is 11. The summed E-state index contributed by atoms with van der Waals surface area (Å²) in [5.74, 6) is -0.602. The smallest absolute Gasteiger partial charge is 0.318 e. The summed E-state index contributed by atoms with van der Waals surface area (Å²) in [6.45, 7) is 8.58. The van der Waals surface area contributed by atoms with E-state index in [0.717, 1.165) is 39.0 Å². The summed E-state index contributed by atoms with van der Waals surface area (Å²) in [6, 6.07) is 13.5. The van der Waals surface area contributed by atoms with Crippen molar-refractivity contribution in [1.82, 2.24) is 25.0 Å². The molecule has 6 rings (SSSR count). The van der Waals surface area contributed by atoms with Crippen LogP contribution < -0.4 is 23.8 Å². The number of likely N-dealkylation sites (tertiary alicyclic amines) is 1. The first-order valence-corrected chi connectivity index (χ1v) is 18.6. The summed E-state index contributed by atoms with van der Waals surface area (Å²) in [6.07, 6.45) is 2.99. The van der Waals surface area contributed by atoms with Gasteiger partial charge in [-0.3, -0.25) is 9.69 Å². The number of benzene rings is 2. The van der Waals surface area contributed by atoms with Gasteiger partial charge in [-0.15, -0.1) is 0 Å². The molecule has 1 atom stereocenters. The second-order valence-electron chi connectivity index (χ2n) is 12.7. The van der Waals surface area contributed by atoms with Gasteiger partial charge in [-0.2, -0.15) is 9.57 Å². The number of nitrogens with zero attached hydrogens (tertiary/aromatic N) is 6. The largest absolute Gasteiger partial charge is 0.497 e. The van der Waals surface area contributed by atoms with E-state index in [1.807, 2.05) is 0 Å². The zero-order chi connectivity index (χ0) is 36.3. The van der Waals surface area contributed by atoms with Crippen LogP contribution in [0, 0.1) is 11.3 Å². The van der Waals surface area contributed by atoms with E-state index < -0.39 is 27.5 Å². The highest BCUT2D eigenvalue weighted by Crippen LogP contribution is 2.50. The van der Waals surface area contributed by atoms with E-state index in [1.54, 1.807) is 30.9 Å². The number of nitrogens with one attached hydrogen (secondary N) is 1. The van der Waals surface area contributed by atoms with Gasteiger partial charge in [-0.25, -0.2) is 18.2 Å². The van der Waals surface area contributed by atoms with E-state index in [4.69, 9.17) is 14.2 Å². The maximum atomic E-state index is 15.2. The molecular weight excluding hydrogens is 675 g/mol. The van der Waals surface area contributed by atoms with Gasteiger partial charge in [0.05, 0.1) is 43.2 Å². The van der Waals surface area contributed by atoms with E-state index in [9.17, 15) is 18.5 Å². The number of aromatic nitrogens is 1. The Kier molecular flexibility index (Phi) is 10.4. The first-order chi connectivity index (χ1) is 24.6. The summed E-state index contributed by atoms with van der Waals surface area (Å²) >= 11 is 0. The van der Waals surface area contributed by atoms with Crippen molar-refractivity contribution < 1.29 is 32.2 Å². The molecule has 1 aromatic heterocycles. The summed E-state index contributed by atoms with van der Waals surface area (Å²) < 4.78 is 47.0. The van der Waals surface area contributed by atoms with E-state index in [-0.39, 0.29) is 52.1 Å². The highest BCUT2D eigenvalue weighted by Gasteiger charge is 2.59. The van der Waals surface area contributed by atoms with Crippen LogP contribution >= 0.6 is 0 Å². The van der Waals surface area contributed by atoms with Gasteiger partial charge < -0.3 is 29.3 Å². The molecule has 270 valence electrons. The van der Waals surface area contributed by atoms with Crippen LogP contribution in [0.3, 0.4) is 0 Å². The van der Waals surface area contributed by atoms with Crippen LogP contribution in [0.4, 0.5) is 10.5 Å². The molecule has 51 heavy (non-hydrogen) atoms. The zero-order valence-corrected chi connectivity index (χ0v) is 30.1. The molecule has 0 radical (unpaired) electrons. The highest BCUT2D eigenvalue weighted by molar-refractivity contribution is 7.93. The van der Waals surface area contributed by atoms with Gasteiger partial charge >= 0.3 is 6.03 Å². The van der Waals surface area contributed by atoms with Crippen LogP contribution in [-0.2, 0) is 20.4 Å². The molecule has 3 aromatic rings. The molecule has 2 aromatic carbocycles. The number of carbonyl (C=O) groups excluding carboxylic acids is 2. The topological polar surface area (TPSA) is 158 Å². The van der Waals surface area contributed by atoms with Crippen molar-refractivity contribution in [2.75, 3.05) is 70.9 Å². The maximum Gasteiger partial charge on any atom is 0.318 e. The number of sulfonamides is 1. The number of methoxy groups -OCH3 is 1. The van der Waals surface area contributed by atoms with Crippen molar-refractivity contribution in [2.45, 2.75) is 43.2 Å². The van der Waals surface area contributed by atoms with Gasteiger partial charge in [0.1, 0.15) is 16.4 Å². The van der Waals surface area contributed by atoms with E-state index in [1.165, 1.54) is 49.7 Å². The van der Waals surface area contributed by atoms with Gasteiger partial charge in [0, 0.05) is 63.1 Å². The molecule has 0 aliphatic carbocycles. The Hall–Kier alpha value is -4.91. The second-order valence-corrected chi connectivity index (χ2v) is 14.4. The number of urea groups is 1. The molecule has 4 heterocycles. The number of rotatable bonds is 10. The molecule has 0 bridgehead atoms. The molecular formula is C36H43N7O7S. The molecule has 1 N–H and O–H groups in total. The summed E-state index contributed by atoms with van der Waals surface area (Å²) in [5, 5.41) is 12.9. The van der Waals surface area contributed by atoms with Crippen molar-refractivity contribution in [3.63, 3.8) is 0 Å². The Morgan fingerprint density at radius 2 is 1.73 bits per heavy atom. The molecule has 14 nitrogen and oxygen atoms in total. The zero-order valence-electron chi connectivity index (χ0n) is 29.3. The first-order valence-electron chi connectivity index (χ1n) is 17.1. The highest BCUT2D eigenvalue weighted by atomic mass is 32.2. The number of piperazine rings is 1. The monoisotopic (exact) mass is 717 g/mol. The SMILES string of the molecule is CCOc1cc(OC)ccc1S(=O)(=O)N1C(=O)C(NC(=O)N2CCC(N3CCN(C)CC3)CC2)(c2cccnc2OCC)c2cc(C#N)ccc21. The number of nitriles is 1. The average Bonchev–Trinajstić information content (AvgIpc) is 3.39. The van der Waals surface area contributed by atoms with Crippen molar-refractivity contribution in [3.8, 4) is 23.4 Å². The Morgan fingerprint density at radius 1 is 1.00 bits per heavy atom. The quantitative estimate of drug-likeness (QED) is 0.329. The summed E-state index contributed by atoms with van der Waals surface area (Å²) in [7, 11) is -1.14. The Morgan fingerprint density at radius 3 is 2.39 bits per heavy atom. The lowest BCUT2D eigenvalue weighted by Gasteiger charge is -2.42. The standard InChI is InChI=1S/C36H43N7O7S/c1-5-49-31-23-27(48-4)10-12-32(31)51(46,47)43-30-11-9-25(24-37)22-29(30)36(34(43)44,28-8-7-15-38-33(28)50-6-2)39-35(45)42-16-13-26(14-17-42)41-20-18-40(3)19-21-41/h7-12,15,22-23,26H,5-6,13-14,16-21H2,1-4H3,(H,39,45). The van der Waals surface area contributed by atoms with Crippen LogP contribution in [0.2, 0.25) is 0 Å². The molecule has 0 saturated carbocycles. The van der Waals surface area contributed by atoms with Gasteiger partial charge in [0.25, 0.3) is 15.9 Å². The molecule has 2 fully saturated rings. The fourth-order valence-electron chi connectivity index (χ4n) is 7.13. The molecule has 1 unspecified atom stereocenters. The second kappa shape index (κ2) is 14.7. The Labute approximate surface area is 298 Å². The minimum Gasteiger partial charge on any atom is -0.497 e. The predicted octanol–water partition coefficient (Wildman–Crippen LogP) is 3.16. The van der Waals surface area contributed by atoms with Crippen LogP contribution in [0.5, 0.6) is 17.4 Å². The number of likely N-dealkylation sites (N-methyl/N-ethyl adjacent to an activating group) is 1. The fourth-order valence-corrected chi connectivity index (χ4v) is 8.71. The van der Waals surface area contributed by atoms with Gasteiger partial charge in [-0.05, 0) is 76.2 Å². The van der Waals surface area contributed by atoms with E-state index >= 15 is 4.79 Å². The first kappa shape index (κ1) is 35.9. The van der Waals surface area contributed by atoms with Crippen molar-refractivity contribution >= 4 is 27.6 Å². The van der Waals surface area contributed by atoms with Gasteiger partial charge in [0.15, 0.2) is 5.54 Å². The number of amides is 3. The van der Waals surface area contributed by atoms with Crippen LogP contribution in [0.25, 0.3) is 0 Å². The van der Waals surface area contributed by atoms with Crippen molar-refractivity contribution in [3.05, 3.63) is 71.4 Å². The molecule has 3 amide bonds. The molecule has 15 heteroatoms. The average molecular weight is 718 g/mol. The molecule has 0 spiro atoms. The fraction of sp³-hybridized carbons (Fsp3) is 0.444. The predicted molar refractivity (Wildman–Crippen MR) is 188 cm³/mol. The van der Waals surface area contributed by atoms with Crippen LogP contribution in [-0.4, -0.2) is 113 Å². The Balaban J connectivity index is 1.46. The molecule has 3 aliphatic heterocycles. The third kappa shape index (κ3) is 6.55. The lowest BCUT2D eigenvalue weighted by atomic mass is 9.83. The number of hydrogen-bond donors (Lipinski definition) is 1. The number of fused-ring (bicyclic) bond motifs is 1. The number of carbonyl (C=O) groups is 2. The number of pyridine rings is 1. The molecule has 2 saturated heterocycles.